The van der Waals surface area contributed by atoms with E-state index in [1.165, 1.54) is 12.1 Å². The van der Waals surface area contributed by atoms with Crippen LogP contribution in [0.4, 0.5) is 0 Å². The normalized spacial score (nSPS) is 33.0. The van der Waals surface area contributed by atoms with Crippen molar-refractivity contribution in [2.24, 2.45) is 16.7 Å². The molecule has 0 radical (unpaired) electrons. The summed E-state index contributed by atoms with van der Waals surface area (Å²) in [6.07, 6.45) is 6.47. The van der Waals surface area contributed by atoms with Crippen molar-refractivity contribution in [1.82, 2.24) is 5.48 Å². The molecule has 2 aliphatic carbocycles. The van der Waals surface area contributed by atoms with Gasteiger partial charge in [0.15, 0.2) is 12.4 Å². The highest BCUT2D eigenvalue weighted by Crippen LogP contribution is 2.67. The van der Waals surface area contributed by atoms with Gasteiger partial charge in [0.25, 0.3) is 0 Å². The number of nitrogens with one attached hydrogen (secondary N) is 1. The molecule has 1 aromatic rings. The Kier molecular flexibility index (Phi) is 2.33. The Morgan fingerprint density at radius 2 is 1.89 bits per heavy atom. The van der Waals surface area contributed by atoms with Gasteiger partial charge in [0, 0.05) is 17.5 Å². The number of rotatable bonds is 2. The van der Waals surface area contributed by atoms with Gasteiger partial charge in [0.1, 0.15) is 5.70 Å². The van der Waals surface area contributed by atoms with Crippen LogP contribution < -0.4 is 10.0 Å². The lowest BCUT2D eigenvalue weighted by Crippen LogP contribution is -2.38. The van der Waals surface area contributed by atoms with Crippen LogP contribution in [0.25, 0.3) is 5.70 Å². The van der Waals surface area contributed by atoms with Crippen LogP contribution >= 0.6 is 0 Å². The number of fused-ring (bicyclic) bond motifs is 2. The molecule has 1 aromatic heterocycles. The van der Waals surface area contributed by atoms with Gasteiger partial charge in [0.05, 0.1) is 5.92 Å². The van der Waals surface area contributed by atoms with E-state index < -0.39 is 0 Å². The molecule has 0 spiro atoms. The number of pyridine rings is 1. The summed E-state index contributed by atoms with van der Waals surface area (Å²) in [5.41, 5.74) is 4.97. The molecule has 18 heavy (non-hydrogen) atoms. The topological polar surface area (TPSA) is 36.1 Å². The van der Waals surface area contributed by atoms with Crippen molar-refractivity contribution < 1.29 is 9.77 Å². The van der Waals surface area contributed by atoms with Gasteiger partial charge in [-0.2, -0.15) is 4.57 Å². The third kappa shape index (κ3) is 1.20. The average Bonchev–Trinajstić information content (AvgIpc) is 2.70. The standard InChI is InChI=1S/C15H21N2O/c1-14(2)11-7-8-15(14,3)13(16-18)12(11)17-9-5-4-6-10-17/h4-6,9-11,16,18H,7-8H2,1-3H3/q+1/t11-,15+/m1/s1. The summed E-state index contributed by atoms with van der Waals surface area (Å²) in [5, 5.41) is 9.60. The summed E-state index contributed by atoms with van der Waals surface area (Å²) in [7, 11) is 0. The maximum Gasteiger partial charge on any atom is 0.212 e. The molecule has 2 bridgehead atoms. The van der Waals surface area contributed by atoms with Gasteiger partial charge in [-0.1, -0.05) is 26.8 Å². The van der Waals surface area contributed by atoms with E-state index in [-0.39, 0.29) is 10.8 Å². The second-order valence-electron chi connectivity index (χ2n) is 6.30. The van der Waals surface area contributed by atoms with Crippen LogP contribution in [0.2, 0.25) is 0 Å². The van der Waals surface area contributed by atoms with E-state index in [1.54, 1.807) is 0 Å². The molecule has 0 amide bonds. The van der Waals surface area contributed by atoms with Crippen LogP contribution in [0.15, 0.2) is 36.3 Å². The zero-order chi connectivity index (χ0) is 13.0. The average molecular weight is 245 g/mol. The molecular weight excluding hydrogens is 224 g/mol. The highest BCUT2D eigenvalue weighted by atomic mass is 16.5. The third-order valence-corrected chi connectivity index (χ3v) is 5.47. The van der Waals surface area contributed by atoms with E-state index in [0.717, 1.165) is 12.1 Å². The molecule has 1 saturated carbocycles. The van der Waals surface area contributed by atoms with Crippen LogP contribution in [0.1, 0.15) is 33.6 Å². The lowest BCUT2D eigenvalue weighted by molar-refractivity contribution is -0.587. The summed E-state index contributed by atoms with van der Waals surface area (Å²) in [4.78, 5) is 0. The van der Waals surface area contributed by atoms with E-state index in [0.29, 0.717) is 5.92 Å². The minimum absolute atomic E-state index is 0.0462. The lowest BCUT2D eigenvalue weighted by Gasteiger charge is -2.35. The van der Waals surface area contributed by atoms with Gasteiger partial charge < -0.3 is 0 Å². The predicted molar refractivity (Wildman–Crippen MR) is 69.4 cm³/mol. The summed E-state index contributed by atoms with van der Waals surface area (Å²) in [5.74, 6) is 0.504. The van der Waals surface area contributed by atoms with E-state index in [2.05, 4.69) is 43.2 Å². The molecule has 1 fully saturated rings. The summed E-state index contributed by atoms with van der Waals surface area (Å²) in [6, 6.07) is 6.08. The molecule has 1 heterocycles. The Labute approximate surface area is 108 Å². The first-order valence-electron chi connectivity index (χ1n) is 6.64. The minimum Gasteiger partial charge on any atom is -0.291 e. The zero-order valence-electron chi connectivity index (χ0n) is 11.3. The Hall–Kier alpha value is -1.35. The number of hydroxylamine groups is 1. The largest absolute Gasteiger partial charge is 0.291 e. The van der Waals surface area contributed by atoms with Crippen LogP contribution in [-0.2, 0) is 0 Å². The molecule has 2 atom stereocenters. The Balaban J connectivity index is 2.20. The summed E-state index contributed by atoms with van der Waals surface area (Å²) < 4.78 is 2.15. The van der Waals surface area contributed by atoms with Crippen molar-refractivity contribution in [2.75, 3.05) is 0 Å². The SMILES string of the molecule is CC1(C)[C@@H]2CC[C@@]1(C)C(NO)=C2[n+]1ccccc1. The Bertz CT molecular complexity index is 506. The van der Waals surface area contributed by atoms with Crippen molar-refractivity contribution in [3.05, 3.63) is 36.3 Å². The summed E-state index contributed by atoms with van der Waals surface area (Å²) in [6.45, 7) is 6.90. The van der Waals surface area contributed by atoms with Gasteiger partial charge >= 0.3 is 0 Å². The first-order valence-corrected chi connectivity index (χ1v) is 6.64. The zero-order valence-corrected chi connectivity index (χ0v) is 11.3. The van der Waals surface area contributed by atoms with E-state index in [4.69, 9.17) is 0 Å². The predicted octanol–water partition coefficient (Wildman–Crippen LogP) is 2.58. The fourth-order valence-electron chi connectivity index (χ4n) is 3.93. The number of hydrogen-bond donors (Lipinski definition) is 2. The fraction of sp³-hybridized carbons (Fsp3) is 0.533. The maximum absolute atomic E-state index is 9.60. The molecule has 0 aromatic carbocycles. The Morgan fingerprint density at radius 1 is 1.22 bits per heavy atom. The number of hydrogen-bond acceptors (Lipinski definition) is 2. The quantitative estimate of drug-likeness (QED) is 0.620. The molecule has 96 valence electrons. The van der Waals surface area contributed by atoms with Crippen molar-refractivity contribution in [3.63, 3.8) is 0 Å². The van der Waals surface area contributed by atoms with E-state index >= 15 is 0 Å². The molecule has 2 aliphatic rings. The van der Waals surface area contributed by atoms with E-state index in [1.807, 2.05) is 18.2 Å². The molecular formula is C15H21N2O+. The second kappa shape index (κ2) is 3.58. The first-order chi connectivity index (χ1) is 8.52. The molecule has 3 heteroatoms. The van der Waals surface area contributed by atoms with Crippen LogP contribution in [0.5, 0.6) is 0 Å². The maximum atomic E-state index is 9.60. The number of nitrogens with zero attached hydrogens (tertiary/aromatic N) is 1. The van der Waals surface area contributed by atoms with Gasteiger partial charge in [-0.15, -0.1) is 0 Å². The Morgan fingerprint density at radius 3 is 2.50 bits per heavy atom. The van der Waals surface area contributed by atoms with Gasteiger partial charge in [0.2, 0.25) is 5.70 Å². The minimum atomic E-state index is 0.0462. The van der Waals surface area contributed by atoms with Crippen molar-refractivity contribution in [2.45, 2.75) is 33.6 Å². The smallest absolute Gasteiger partial charge is 0.212 e. The lowest BCUT2D eigenvalue weighted by atomic mass is 9.69. The number of aromatic nitrogens is 1. The fourth-order valence-corrected chi connectivity index (χ4v) is 3.93. The number of allylic oxidation sites excluding steroid dienone is 2. The van der Waals surface area contributed by atoms with E-state index in [9.17, 15) is 5.21 Å². The van der Waals surface area contributed by atoms with Crippen LogP contribution in [0.3, 0.4) is 0 Å². The van der Waals surface area contributed by atoms with Gasteiger partial charge in [-0.3, -0.25) is 10.7 Å². The molecule has 2 N–H and O–H groups in total. The molecule has 0 aliphatic heterocycles. The van der Waals surface area contributed by atoms with Crippen molar-refractivity contribution >= 4 is 5.70 Å². The van der Waals surface area contributed by atoms with Crippen molar-refractivity contribution in [1.29, 1.82) is 0 Å². The summed E-state index contributed by atoms with van der Waals surface area (Å²) >= 11 is 0. The van der Waals surface area contributed by atoms with Crippen LogP contribution in [-0.4, -0.2) is 5.21 Å². The molecule has 0 unspecified atom stereocenters. The highest BCUT2D eigenvalue weighted by Gasteiger charge is 2.64. The second-order valence-corrected chi connectivity index (χ2v) is 6.30. The molecule has 3 rings (SSSR count). The highest BCUT2D eigenvalue weighted by molar-refractivity contribution is 5.55. The molecule has 0 saturated heterocycles. The van der Waals surface area contributed by atoms with Crippen molar-refractivity contribution in [3.8, 4) is 0 Å². The van der Waals surface area contributed by atoms with Gasteiger partial charge in [-0.25, -0.2) is 0 Å². The van der Waals surface area contributed by atoms with Crippen LogP contribution in [0, 0.1) is 16.7 Å². The van der Waals surface area contributed by atoms with Gasteiger partial charge in [-0.05, 0) is 18.3 Å². The third-order valence-electron chi connectivity index (χ3n) is 5.47. The first kappa shape index (κ1) is 11.7. The molecule has 3 nitrogen and oxygen atoms in total. The monoisotopic (exact) mass is 245 g/mol.